The molecule has 3 saturated heterocycles. The van der Waals surface area contributed by atoms with Gasteiger partial charge in [-0.2, -0.15) is 0 Å². The molecular formula is C83H155NO18. The highest BCUT2D eigenvalue weighted by Crippen LogP contribution is 2.33. The van der Waals surface area contributed by atoms with Gasteiger partial charge in [0.2, 0.25) is 5.91 Å². The summed E-state index contributed by atoms with van der Waals surface area (Å²) in [6.07, 6.45) is 52.8. The number of carbonyl (C=O) groups excluding carboxylic acids is 1. The van der Waals surface area contributed by atoms with Crippen molar-refractivity contribution in [3.8, 4) is 0 Å². The Bertz CT molecular complexity index is 1980. The molecule has 3 rings (SSSR count). The molecule has 0 aromatic heterocycles. The number of amides is 1. The van der Waals surface area contributed by atoms with Crippen molar-refractivity contribution in [2.75, 3.05) is 26.4 Å². The van der Waals surface area contributed by atoms with Gasteiger partial charge in [-0.15, -0.1) is 0 Å². The van der Waals surface area contributed by atoms with Crippen LogP contribution in [0.5, 0.6) is 0 Å². The average Bonchev–Trinajstić information content (AvgIpc) is 0.781. The van der Waals surface area contributed by atoms with E-state index in [1.807, 2.05) is 6.08 Å². The minimum absolute atomic E-state index is 0.247. The molecule has 12 N–H and O–H groups in total. The lowest BCUT2D eigenvalue weighted by Crippen LogP contribution is -2.66. The second-order valence-corrected chi connectivity index (χ2v) is 30.3. The van der Waals surface area contributed by atoms with Crippen LogP contribution >= 0.6 is 0 Å². The SMILES string of the molecule is CCCCCCC/C=C\C/C=C\CCCCCCCCCCCCCCCCCCCCCC(=O)NC(COC1OC(CO)C(OC2OC(CO)C(OC3OC(CO)C(O)C(O)C3O)C(O)C2O)C(O)C1O)C(O)/C=C/CCCCCCCCCCCCCCCCCCCCCCCCCC. The number of nitrogens with one attached hydrogen (secondary N) is 1. The number of carbonyl (C=O) groups is 1. The number of aliphatic hydroxyl groups is 11. The quantitative estimate of drug-likeness (QED) is 0.0199. The molecule has 19 heteroatoms. The molecule has 600 valence electrons. The summed E-state index contributed by atoms with van der Waals surface area (Å²) in [4.78, 5) is 13.5. The fourth-order valence-electron chi connectivity index (χ4n) is 14.4. The van der Waals surface area contributed by atoms with E-state index in [1.165, 1.54) is 276 Å². The van der Waals surface area contributed by atoms with Crippen molar-refractivity contribution < 1.29 is 89.4 Å². The van der Waals surface area contributed by atoms with Gasteiger partial charge in [-0.3, -0.25) is 4.79 Å². The average molecular weight is 1460 g/mol. The molecule has 17 unspecified atom stereocenters. The van der Waals surface area contributed by atoms with Crippen LogP contribution in [0.3, 0.4) is 0 Å². The van der Waals surface area contributed by atoms with E-state index in [0.717, 1.165) is 51.4 Å². The zero-order chi connectivity index (χ0) is 73.9. The fourth-order valence-corrected chi connectivity index (χ4v) is 14.4. The van der Waals surface area contributed by atoms with Gasteiger partial charge in [0.05, 0.1) is 38.6 Å². The molecule has 0 bridgehead atoms. The summed E-state index contributed by atoms with van der Waals surface area (Å²) in [6.45, 7) is 1.79. The first-order valence-corrected chi connectivity index (χ1v) is 42.2. The van der Waals surface area contributed by atoms with Crippen molar-refractivity contribution in [3.63, 3.8) is 0 Å². The Kier molecular flexibility index (Phi) is 59.0. The van der Waals surface area contributed by atoms with Crippen LogP contribution < -0.4 is 5.32 Å². The van der Waals surface area contributed by atoms with Crippen molar-refractivity contribution in [1.82, 2.24) is 5.32 Å². The third-order valence-electron chi connectivity index (χ3n) is 21.2. The molecule has 3 fully saturated rings. The number of hydrogen-bond donors (Lipinski definition) is 12. The maximum atomic E-state index is 13.5. The van der Waals surface area contributed by atoms with Gasteiger partial charge in [-0.1, -0.05) is 333 Å². The number of allylic oxidation sites excluding steroid dienone is 5. The van der Waals surface area contributed by atoms with Crippen LogP contribution in [0.4, 0.5) is 0 Å². The lowest BCUT2D eigenvalue weighted by molar-refractivity contribution is -0.379. The number of rotatable bonds is 68. The van der Waals surface area contributed by atoms with E-state index in [0.29, 0.717) is 6.42 Å². The summed E-state index contributed by atoms with van der Waals surface area (Å²) < 4.78 is 34.5. The van der Waals surface area contributed by atoms with Gasteiger partial charge < -0.3 is 89.9 Å². The predicted molar refractivity (Wildman–Crippen MR) is 406 cm³/mol. The van der Waals surface area contributed by atoms with Crippen molar-refractivity contribution >= 4 is 5.91 Å². The second kappa shape index (κ2) is 63.9. The van der Waals surface area contributed by atoms with Crippen LogP contribution in [0, 0.1) is 0 Å². The lowest BCUT2D eigenvalue weighted by atomic mass is 9.96. The summed E-state index contributed by atoms with van der Waals surface area (Å²) in [5.74, 6) is -0.268. The van der Waals surface area contributed by atoms with E-state index in [4.69, 9.17) is 28.4 Å². The van der Waals surface area contributed by atoms with E-state index in [-0.39, 0.29) is 18.9 Å². The molecule has 3 heterocycles. The number of unbranched alkanes of at least 4 members (excludes halogenated alkanes) is 48. The van der Waals surface area contributed by atoms with Crippen LogP contribution in [-0.4, -0.2) is 193 Å². The second-order valence-electron chi connectivity index (χ2n) is 30.3. The number of ether oxygens (including phenoxy) is 6. The standard InChI is InChI=1S/C83H155NO18/c1-3-5-7-9-11-13-15-17-19-21-23-25-27-29-31-32-33-34-35-37-39-41-43-45-47-49-51-53-55-57-59-61-71(89)84-66(67(88)60-58-56-54-52-50-48-46-44-42-40-38-36-30-28-26-24-22-20-18-16-14-12-10-8-6-4-2)65-97-81-77(95)74(92)79(69(63-86)99-81)102-83-78(96)75(93)80(70(64-87)100-83)101-82-76(94)73(91)72(90)68(62-85)98-82/h15,17,21,23,58,60,66-70,72-83,85-88,90-96H,3-14,16,18-20,22,24-57,59,61-65H2,1-2H3,(H,84,89)/b17-15-,23-21-,60-58+. The van der Waals surface area contributed by atoms with Gasteiger partial charge in [-0.25, -0.2) is 0 Å². The van der Waals surface area contributed by atoms with E-state index in [1.54, 1.807) is 6.08 Å². The van der Waals surface area contributed by atoms with Gasteiger partial charge in [0, 0.05) is 6.42 Å². The summed E-state index contributed by atoms with van der Waals surface area (Å²) in [5.41, 5.74) is 0. The normalized spacial score (nSPS) is 26.3. The van der Waals surface area contributed by atoms with Crippen LogP contribution in [0.2, 0.25) is 0 Å². The Morgan fingerprint density at radius 3 is 1.00 bits per heavy atom. The van der Waals surface area contributed by atoms with E-state index in [2.05, 4.69) is 43.5 Å². The minimum Gasteiger partial charge on any atom is -0.394 e. The molecule has 0 radical (unpaired) electrons. The zero-order valence-electron chi connectivity index (χ0n) is 64.4. The summed E-state index contributed by atoms with van der Waals surface area (Å²) in [5, 5.41) is 121. The van der Waals surface area contributed by atoms with Crippen molar-refractivity contribution in [2.45, 2.75) is 458 Å². The molecule has 0 spiro atoms. The highest BCUT2D eigenvalue weighted by molar-refractivity contribution is 5.76. The smallest absolute Gasteiger partial charge is 0.220 e. The highest BCUT2D eigenvalue weighted by atomic mass is 16.8. The van der Waals surface area contributed by atoms with Crippen molar-refractivity contribution in [3.05, 3.63) is 36.5 Å². The minimum atomic E-state index is -1.98. The van der Waals surface area contributed by atoms with Crippen LogP contribution in [0.25, 0.3) is 0 Å². The molecule has 3 aliphatic rings. The third-order valence-corrected chi connectivity index (χ3v) is 21.2. The first-order valence-electron chi connectivity index (χ1n) is 42.2. The van der Waals surface area contributed by atoms with Crippen LogP contribution in [0.15, 0.2) is 36.5 Å². The van der Waals surface area contributed by atoms with Gasteiger partial charge in [0.25, 0.3) is 0 Å². The van der Waals surface area contributed by atoms with Gasteiger partial charge in [0.1, 0.15) is 73.2 Å². The number of hydrogen-bond acceptors (Lipinski definition) is 18. The topological polar surface area (TPSA) is 307 Å². The summed E-state index contributed by atoms with van der Waals surface area (Å²) >= 11 is 0. The largest absolute Gasteiger partial charge is 0.394 e. The van der Waals surface area contributed by atoms with Gasteiger partial charge in [0.15, 0.2) is 18.9 Å². The van der Waals surface area contributed by atoms with Crippen LogP contribution in [-0.2, 0) is 33.2 Å². The zero-order valence-corrected chi connectivity index (χ0v) is 64.4. The predicted octanol–water partition coefficient (Wildman–Crippen LogP) is 14.7. The monoisotopic (exact) mass is 1450 g/mol. The Morgan fingerprint density at radius 1 is 0.353 bits per heavy atom. The van der Waals surface area contributed by atoms with E-state index in [9.17, 15) is 61.0 Å². The first-order chi connectivity index (χ1) is 49.8. The highest BCUT2D eigenvalue weighted by Gasteiger charge is 2.54. The molecule has 0 saturated carbocycles. The maximum Gasteiger partial charge on any atom is 0.220 e. The Morgan fingerprint density at radius 2 is 0.647 bits per heavy atom. The molecule has 0 aromatic rings. The fraction of sp³-hybridized carbons (Fsp3) is 0.916. The molecule has 1 amide bonds. The van der Waals surface area contributed by atoms with Gasteiger partial charge in [-0.05, 0) is 51.4 Å². The molecule has 17 atom stereocenters. The van der Waals surface area contributed by atoms with Crippen molar-refractivity contribution in [1.29, 1.82) is 0 Å². The number of aliphatic hydroxyl groups excluding tert-OH is 11. The molecule has 3 aliphatic heterocycles. The van der Waals surface area contributed by atoms with Crippen LogP contribution in [0.1, 0.15) is 354 Å². The van der Waals surface area contributed by atoms with Crippen molar-refractivity contribution in [2.24, 2.45) is 0 Å². The Labute approximate surface area is 619 Å². The van der Waals surface area contributed by atoms with Gasteiger partial charge >= 0.3 is 0 Å². The van der Waals surface area contributed by atoms with E-state index >= 15 is 0 Å². The van der Waals surface area contributed by atoms with E-state index < -0.39 is 124 Å². The summed E-state index contributed by atoms with van der Waals surface area (Å²) in [7, 11) is 0. The lowest BCUT2D eigenvalue weighted by Gasteiger charge is -2.48. The third kappa shape index (κ3) is 43.3. The molecule has 0 aromatic carbocycles. The first kappa shape index (κ1) is 94.2. The summed E-state index contributed by atoms with van der Waals surface area (Å²) in [6, 6.07) is -0.973. The molecule has 0 aliphatic carbocycles. The molecule has 19 nitrogen and oxygen atoms in total. The molecule has 102 heavy (non-hydrogen) atoms. The Hall–Kier alpha value is -1.99. The Balaban J connectivity index is 1.36. The maximum absolute atomic E-state index is 13.5. The molecular weight excluding hydrogens is 1300 g/mol.